The molecule has 0 spiro atoms. The Balaban J connectivity index is 2.59. The van der Waals surface area contributed by atoms with E-state index in [0.717, 1.165) is 0 Å². The summed E-state index contributed by atoms with van der Waals surface area (Å²) in [7, 11) is -1.86. The monoisotopic (exact) mass is 316 g/mol. The van der Waals surface area contributed by atoms with Gasteiger partial charge in [0.15, 0.2) is 17.3 Å². The summed E-state index contributed by atoms with van der Waals surface area (Å²) < 4.78 is 32.9. The molecule has 0 bridgehead atoms. The van der Waals surface area contributed by atoms with Crippen LogP contribution < -0.4 is 9.47 Å². The minimum absolute atomic E-state index is 0.218. The molecule has 0 saturated carbocycles. The van der Waals surface area contributed by atoms with Gasteiger partial charge in [-0.15, -0.1) is 0 Å². The number of carbonyl (C=O) groups is 1. The normalized spacial score (nSPS) is 11.2. The summed E-state index contributed by atoms with van der Waals surface area (Å²) in [4.78, 5) is 11.9. The Morgan fingerprint density at radius 2 is 1.67 bits per heavy atom. The average Bonchev–Trinajstić information content (AvgIpc) is 2.45. The highest BCUT2D eigenvalue weighted by Crippen LogP contribution is 2.47. The minimum Gasteiger partial charge on any atom is -0.493 e. The Morgan fingerprint density at radius 3 is 2.19 bits per heavy atom. The summed E-state index contributed by atoms with van der Waals surface area (Å²) in [6.07, 6.45) is -0.302. The molecule has 0 heterocycles. The van der Waals surface area contributed by atoms with E-state index in [9.17, 15) is 9.36 Å². The summed E-state index contributed by atoms with van der Waals surface area (Å²) in [5.41, 5.74) is 0. The number of para-hydroxylation sites is 2. The summed E-state index contributed by atoms with van der Waals surface area (Å²) in [5, 5.41) is 0. The first kappa shape index (κ1) is 17.7. The van der Waals surface area contributed by atoms with Gasteiger partial charge in [0.1, 0.15) is 12.8 Å². The maximum Gasteiger partial charge on any atom is 0.338 e. The number of ketones is 1. The van der Waals surface area contributed by atoms with Gasteiger partial charge in [-0.1, -0.05) is 12.1 Å². The quantitative estimate of drug-likeness (QED) is 0.618. The molecule has 0 amide bonds. The predicted octanol–water partition coefficient (Wildman–Crippen LogP) is 2.91. The van der Waals surface area contributed by atoms with Gasteiger partial charge in [-0.3, -0.25) is 9.36 Å². The zero-order valence-corrected chi connectivity index (χ0v) is 13.4. The van der Waals surface area contributed by atoms with Gasteiger partial charge in [-0.25, -0.2) is 0 Å². The van der Waals surface area contributed by atoms with Crippen molar-refractivity contribution in [2.75, 3.05) is 33.1 Å². The molecule has 0 unspecified atom stereocenters. The SMILES string of the molecule is CCOP(=O)(CC(=O)COc1ccccc1OC)OCC. The van der Waals surface area contributed by atoms with Gasteiger partial charge in [0.25, 0.3) is 0 Å². The standard InChI is InChI=1S/C14H21O6P/c1-4-19-21(16,20-5-2)11-12(15)10-18-14-9-7-6-8-13(14)17-3/h6-9H,4-5,10-11H2,1-3H3. The van der Waals surface area contributed by atoms with Crippen molar-refractivity contribution in [1.29, 1.82) is 0 Å². The maximum atomic E-state index is 12.2. The molecule has 1 aromatic rings. The fraction of sp³-hybridized carbons (Fsp3) is 0.500. The molecule has 6 nitrogen and oxygen atoms in total. The van der Waals surface area contributed by atoms with Crippen molar-refractivity contribution in [3.05, 3.63) is 24.3 Å². The Kier molecular flexibility index (Phi) is 7.43. The van der Waals surface area contributed by atoms with Crippen LogP contribution in [-0.4, -0.2) is 38.9 Å². The molecule has 1 rings (SSSR count). The average molecular weight is 316 g/mol. The van der Waals surface area contributed by atoms with Crippen LogP contribution in [0.5, 0.6) is 11.5 Å². The third-order valence-corrected chi connectivity index (χ3v) is 4.52. The highest BCUT2D eigenvalue weighted by molar-refractivity contribution is 7.54. The fourth-order valence-corrected chi connectivity index (χ4v) is 3.25. The van der Waals surface area contributed by atoms with E-state index in [1.807, 2.05) is 0 Å². The van der Waals surface area contributed by atoms with Gasteiger partial charge in [-0.05, 0) is 26.0 Å². The van der Waals surface area contributed by atoms with E-state index in [0.29, 0.717) is 11.5 Å². The van der Waals surface area contributed by atoms with Crippen LogP contribution in [0.3, 0.4) is 0 Å². The number of hydrogen-bond acceptors (Lipinski definition) is 6. The number of benzene rings is 1. The third kappa shape index (κ3) is 5.87. The van der Waals surface area contributed by atoms with E-state index in [4.69, 9.17) is 18.5 Å². The second kappa shape index (κ2) is 8.82. The largest absolute Gasteiger partial charge is 0.493 e. The number of ether oxygens (including phenoxy) is 2. The van der Waals surface area contributed by atoms with Crippen LogP contribution in [-0.2, 0) is 18.4 Å². The first-order valence-corrected chi connectivity index (χ1v) is 8.43. The van der Waals surface area contributed by atoms with E-state index in [-0.39, 0.29) is 31.8 Å². The molecule has 0 atom stereocenters. The molecule has 0 aromatic heterocycles. The molecule has 0 radical (unpaired) electrons. The minimum atomic E-state index is -3.38. The van der Waals surface area contributed by atoms with Crippen LogP contribution in [0, 0.1) is 0 Å². The zero-order valence-electron chi connectivity index (χ0n) is 12.5. The molecule has 1 aromatic carbocycles. The molecule has 0 aliphatic carbocycles. The first-order chi connectivity index (χ1) is 10.0. The zero-order chi connectivity index (χ0) is 15.7. The molecular weight excluding hydrogens is 295 g/mol. The molecule has 0 fully saturated rings. The maximum absolute atomic E-state index is 12.2. The van der Waals surface area contributed by atoms with Crippen molar-refractivity contribution >= 4 is 13.4 Å². The van der Waals surface area contributed by atoms with E-state index in [1.165, 1.54) is 7.11 Å². The Morgan fingerprint density at radius 1 is 1.10 bits per heavy atom. The summed E-state index contributed by atoms with van der Waals surface area (Å²) >= 11 is 0. The number of rotatable bonds is 10. The molecule has 118 valence electrons. The molecule has 0 aliphatic heterocycles. The van der Waals surface area contributed by atoms with Crippen LogP contribution >= 0.6 is 7.60 Å². The molecular formula is C14H21O6P. The summed E-state index contributed by atoms with van der Waals surface area (Å²) in [6.45, 7) is 3.61. The molecule has 7 heteroatoms. The number of Topliss-reactive ketones (excluding diaryl/α,β-unsaturated/α-hetero) is 1. The number of carbonyl (C=O) groups excluding carboxylic acids is 1. The lowest BCUT2D eigenvalue weighted by atomic mass is 10.3. The number of methoxy groups -OCH3 is 1. The van der Waals surface area contributed by atoms with Crippen LogP contribution in [0.15, 0.2) is 24.3 Å². The topological polar surface area (TPSA) is 71.1 Å². The van der Waals surface area contributed by atoms with Gasteiger partial charge in [0.2, 0.25) is 0 Å². The van der Waals surface area contributed by atoms with E-state index >= 15 is 0 Å². The van der Waals surface area contributed by atoms with Crippen molar-refractivity contribution in [3.8, 4) is 11.5 Å². The van der Waals surface area contributed by atoms with Crippen molar-refractivity contribution in [3.63, 3.8) is 0 Å². The van der Waals surface area contributed by atoms with Gasteiger partial charge >= 0.3 is 7.60 Å². The molecule has 0 saturated heterocycles. The van der Waals surface area contributed by atoms with E-state index < -0.39 is 7.60 Å². The van der Waals surface area contributed by atoms with Gasteiger partial charge < -0.3 is 18.5 Å². The Bertz CT molecular complexity index is 492. The van der Waals surface area contributed by atoms with Crippen molar-refractivity contribution < 1.29 is 27.9 Å². The highest BCUT2D eigenvalue weighted by Gasteiger charge is 2.27. The molecule has 0 aliphatic rings. The summed E-state index contributed by atoms with van der Waals surface area (Å²) in [5.74, 6) is 0.630. The van der Waals surface area contributed by atoms with Gasteiger partial charge in [-0.2, -0.15) is 0 Å². The fourth-order valence-electron chi connectivity index (χ4n) is 1.68. The lowest BCUT2D eigenvalue weighted by Gasteiger charge is -2.16. The van der Waals surface area contributed by atoms with Crippen molar-refractivity contribution in [2.45, 2.75) is 13.8 Å². The Labute approximate surface area is 124 Å². The molecule has 0 N–H and O–H groups in total. The first-order valence-electron chi connectivity index (χ1n) is 6.70. The Hall–Kier alpha value is -1.36. The lowest BCUT2D eigenvalue weighted by Crippen LogP contribution is -2.17. The van der Waals surface area contributed by atoms with E-state index in [2.05, 4.69) is 0 Å². The molecule has 21 heavy (non-hydrogen) atoms. The smallest absolute Gasteiger partial charge is 0.338 e. The summed E-state index contributed by atoms with van der Waals surface area (Å²) in [6, 6.07) is 6.99. The third-order valence-electron chi connectivity index (χ3n) is 2.48. The number of hydrogen-bond donors (Lipinski definition) is 0. The predicted molar refractivity (Wildman–Crippen MR) is 79.2 cm³/mol. The lowest BCUT2D eigenvalue weighted by molar-refractivity contribution is -0.118. The van der Waals surface area contributed by atoms with Crippen LogP contribution in [0.25, 0.3) is 0 Å². The van der Waals surface area contributed by atoms with Crippen molar-refractivity contribution in [2.24, 2.45) is 0 Å². The van der Waals surface area contributed by atoms with Crippen LogP contribution in [0.2, 0.25) is 0 Å². The van der Waals surface area contributed by atoms with Crippen molar-refractivity contribution in [1.82, 2.24) is 0 Å². The van der Waals surface area contributed by atoms with Gasteiger partial charge in [0.05, 0.1) is 20.3 Å². The van der Waals surface area contributed by atoms with Crippen LogP contribution in [0.1, 0.15) is 13.8 Å². The van der Waals surface area contributed by atoms with E-state index in [1.54, 1.807) is 38.1 Å². The highest BCUT2D eigenvalue weighted by atomic mass is 31.2. The van der Waals surface area contributed by atoms with Gasteiger partial charge in [0, 0.05) is 0 Å². The van der Waals surface area contributed by atoms with Crippen LogP contribution in [0.4, 0.5) is 0 Å². The second-order valence-electron chi connectivity index (χ2n) is 4.08. The second-order valence-corrected chi connectivity index (χ2v) is 6.14.